The lowest BCUT2D eigenvalue weighted by molar-refractivity contribution is -0.144. The summed E-state index contributed by atoms with van der Waals surface area (Å²) in [6.07, 6.45) is -7.43. The van der Waals surface area contributed by atoms with E-state index >= 15 is 0 Å². The molecule has 4 atom stereocenters. The first-order chi connectivity index (χ1) is 9.36. The molecule has 0 aromatic heterocycles. The van der Waals surface area contributed by atoms with Gasteiger partial charge in [0.05, 0.1) is 6.61 Å². The predicted molar refractivity (Wildman–Crippen MR) is 71.2 cm³/mol. The molecule has 0 bridgehead atoms. The van der Waals surface area contributed by atoms with Crippen molar-refractivity contribution in [3.63, 3.8) is 0 Å². The van der Waals surface area contributed by atoms with E-state index in [1.165, 1.54) is 24.3 Å². The summed E-state index contributed by atoms with van der Waals surface area (Å²) in [6.45, 7) is -0.816. The molecule has 6 N–H and O–H groups in total. The molecule has 1 aromatic carbocycles. The van der Waals surface area contributed by atoms with Gasteiger partial charge in [-0.15, -0.1) is 0 Å². The Morgan fingerprint density at radius 1 is 1.10 bits per heavy atom. The van der Waals surface area contributed by atoms with Crippen LogP contribution in [-0.2, 0) is 4.79 Å². The summed E-state index contributed by atoms with van der Waals surface area (Å²) >= 11 is 5.67. The molecule has 0 saturated carbocycles. The first kappa shape index (κ1) is 16.8. The van der Waals surface area contributed by atoms with Crippen LogP contribution in [0.4, 0.5) is 5.69 Å². The number of carbonyl (C=O) groups is 1. The largest absolute Gasteiger partial charge is 0.394 e. The number of amides is 1. The number of benzene rings is 1. The van der Waals surface area contributed by atoms with E-state index in [1.807, 2.05) is 0 Å². The summed E-state index contributed by atoms with van der Waals surface area (Å²) in [6, 6.07) is 6.01. The molecule has 0 aliphatic heterocycles. The summed E-state index contributed by atoms with van der Waals surface area (Å²) in [5.74, 6) is -0.969. The number of rotatable bonds is 6. The maximum Gasteiger partial charge on any atom is 0.256 e. The lowest BCUT2D eigenvalue weighted by atomic mass is 10.0. The second kappa shape index (κ2) is 7.53. The van der Waals surface area contributed by atoms with Crippen molar-refractivity contribution < 1.29 is 30.3 Å². The third-order valence-electron chi connectivity index (χ3n) is 2.64. The number of carbonyl (C=O) groups excluding carboxylic acids is 1. The molecule has 7 nitrogen and oxygen atoms in total. The van der Waals surface area contributed by atoms with Crippen LogP contribution in [0.25, 0.3) is 0 Å². The zero-order valence-corrected chi connectivity index (χ0v) is 11.1. The number of anilines is 1. The van der Waals surface area contributed by atoms with Crippen LogP contribution in [0.15, 0.2) is 24.3 Å². The third-order valence-corrected chi connectivity index (χ3v) is 2.89. The summed E-state index contributed by atoms with van der Waals surface area (Å²) in [7, 11) is 0. The summed E-state index contributed by atoms with van der Waals surface area (Å²) in [4.78, 5) is 11.6. The molecule has 112 valence electrons. The molecule has 0 unspecified atom stereocenters. The van der Waals surface area contributed by atoms with E-state index in [2.05, 4.69) is 5.32 Å². The Kier molecular flexibility index (Phi) is 6.34. The Morgan fingerprint density at radius 2 is 1.65 bits per heavy atom. The fraction of sp³-hybridized carbons (Fsp3) is 0.417. The van der Waals surface area contributed by atoms with Crippen molar-refractivity contribution in [1.29, 1.82) is 0 Å². The van der Waals surface area contributed by atoms with Crippen molar-refractivity contribution in [2.45, 2.75) is 24.4 Å². The second-order valence-corrected chi connectivity index (χ2v) is 4.61. The fourth-order valence-electron chi connectivity index (χ4n) is 1.43. The van der Waals surface area contributed by atoms with Gasteiger partial charge in [-0.25, -0.2) is 0 Å². The minimum Gasteiger partial charge on any atom is -0.394 e. The van der Waals surface area contributed by atoms with Crippen molar-refractivity contribution in [2.24, 2.45) is 0 Å². The van der Waals surface area contributed by atoms with Gasteiger partial charge < -0.3 is 30.8 Å². The maximum absolute atomic E-state index is 11.6. The van der Waals surface area contributed by atoms with Gasteiger partial charge in [-0.1, -0.05) is 11.6 Å². The average molecular weight is 306 g/mol. The molecule has 1 aromatic rings. The highest BCUT2D eigenvalue weighted by Crippen LogP contribution is 2.14. The summed E-state index contributed by atoms with van der Waals surface area (Å²) in [5.41, 5.74) is 0.336. The summed E-state index contributed by atoms with van der Waals surface area (Å²) in [5, 5.41) is 49.0. The quantitative estimate of drug-likeness (QED) is 0.388. The van der Waals surface area contributed by atoms with E-state index in [9.17, 15) is 20.1 Å². The van der Waals surface area contributed by atoms with Crippen LogP contribution in [0.1, 0.15) is 0 Å². The van der Waals surface area contributed by atoms with E-state index in [0.29, 0.717) is 10.7 Å². The van der Waals surface area contributed by atoms with Gasteiger partial charge in [-0.05, 0) is 24.3 Å². The first-order valence-corrected chi connectivity index (χ1v) is 6.14. The van der Waals surface area contributed by atoms with Gasteiger partial charge in [0.25, 0.3) is 5.91 Å². The molecule has 0 spiro atoms. The van der Waals surface area contributed by atoms with Crippen LogP contribution in [0.5, 0.6) is 0 Å². The van der Waals surface area contributed by atoms with Crippen molar-refractivity contribution >= 4 is 23.2 Å². The monoisotopic (exact) mass is 305 g/mol. The van der Waals surface area contributed by atoms with E-state index in [1.54, 1.807) is 0 Å². The molecule has 0 saturated heterocycles. The molecule has 0 heterocycles. The molecule has 0 radical (unpaired) electrons. The number of halogens is 1. The number of aliphatic hydroxyl groups excluding tert-OH is 5. The Labute approximate surface area is 120 Å². The van der Waals surface area contributed by atoms with E-state index < -0.39 is 36.9 Å². The first-order valence-electron chi connectivity index (χ1n) is 5.76. The fourth-order valence-corrected chi connectivity index (χ4v) is 1.55. The minimum absolute atomic E-state index is 0.336. The van der Waals surface area contributed by atoms with E-state index in [0.717, 1.165) is 0 Å². The van der Waals surface area contributed by atoms with Crippen LogP contribution in [0.3, 0.4) is 0 Å². The lowest BCUT2D eigenvalue weighted by Crippen LogP contribution is -2.50. The third kappa shape index (κ3) is 4.41. The van der Waals surface area contributed by atoms with Crippen molar-refractivity contribution in [3.05, 3.63) is 29.3 Å². The molecule has 0 aliphatic carbocycles. The lowest BCUT2D eigenvalue weighted by Gasteiger charge is -2.24. The molecule has 1 amide bonds. The molecule has 0 fully saturated rings. The van der Waals surface area contributed by atoms with E-state index in [4.69, 9.17) is 21.8 Å². The Balaban J connectivity index is 2.64. The predicted octanol–water partition coefficient (Wildman–Crippen LogP) is -1.29. The second-order valence-electron chi connectivity index (χ2n) is 4.17. The smallest absolute Gasteiger partial charge is 0.256 e. The van der Waals surface area contributed by atoms with Crippen LogP contribution in [0.2, 0.25) is 5.02 Å². The Morgan fingerprint density at radius 3 is 2.15 bits per heavy atom. The molecular formula is C12H16ClNO6. The van der Waals surface area contributed by atoms with E-state index in [-0.39, 0.29) is 0 Å². The zero-order chi connectivity index (χ0) is 15.3. The molecule has 20 heavy (non-hydrogen) atoms. The molecule has 0 aliphatic rings. The maximum atomic E-state index is 11.6. The normalized spacial score (nSPS) is 17.1. The van der Waals surface area contributed by atoms with Crippen LogP contribution in [-0.4, -0.2) is 62.5 Å². The van der Waals surface area contributed by atoms with Crippen LogP contribution in [0, 0.1) is 0 Å². The molecule has 1 rings (SSSR count). The number of hydrogen-bond donors (Lipinski definition) is 6. The number of hydrogen-bond acceptors (Lipinski definition) is 6. The standard InChI is InChI=1S/C12H16ClNO6/c13-6-1-3-7(4-2-6)14-12(20)11(19)10(18)9(17)8(16)5-15/h1-4,8-11,15-19H,5H2,(H,14,20)/t8-,9-,10-,11-/m1/s1. The highest BCUT2D eigenvalue weighted by molar-refractivity contribution is 6.30. The van der Waals surface area contributed by atoms with Gasteiger partial charge in [0, 0.05) is 10.7 Å². The number of aliphatic hydroxyl groups is 5. The minimum atomic E-state index is -1.97. The Bertz CT molecular complexity index is 440. The average Bonchev–Trinajstić information content (AvgIpc) is 2.46. The van der Waals surface area contributed by atoms with Gasteiger partial charge in [-0.3, -0.25) is 4.79 Å². The highest BCUT2D eigenvalue weighted by Gasteiger charge is 2.34. The highest BCUT2D eigenvalue weighted by atomic mass is 35.5. The van der Waals surface area contributed by atoms with Crippen molar-refractivity contribution in [1.82, 2.24) is 0 Å². The van der Waals surface area contributed by atoms with Gasteiger partial charge >= 0.3 is 0 Å². The number of nitrogens with one attached hydrogen (secondary N) is 1. The van der Waals surface area contributed by atoms with Crippen LogP contribution < -0.4 is 5.32 Å². The van der Waals surface area contributed by atoms with Gasteiger partial charge in [0.2, 0.25) is 0 Å². The SMILES string of the molecule is O=C(Nc1ccc(Cl)cc1)[C@H](O)[C@H](O)[C@H](O)[C@H](O)CO. The van der Waals surface area contributed by atoms with Gasteiger partial charge in [-0.2, -0.15) is 0 Å². The topological polar surface area (TPSA) is 130 Å². The van der Waals surface area contributed by atoms with Crippen LogP contribution >= 0.6 is 11.6 Å². The van der Waals surface area contributed by atoms with Crippen molar-refractivity contribution in [3.8, 4) is 0 Å². The zero-order valence-electron chi connectivity index (χ0n) is 10.3. The molecule has 8 heteroatoms. The summed E-state index contributed by atoms with van der Waals surface area (Å²) < 4.78 is 0. The van der Waals surface area contributed by atoms with Gasteiger partial charge in [0.15, 0.2) is 6.10 Å². The Hall–Kier alpha value is -1.22. The molecular weight excluding hydrogens is 290 g/mol. The van der Waals surface area contributed by atoms with Gasteiger partial charge in [0.1, 0.15) is 18.3 Å². The van der Waals surface area contributed by atoms with Crippen molar-refractivity contribution in [2.75, 3.05) is 11.9 Å².